The Labute approximate surface area is 211 Å². The van der Waals surface area contributed by atoms with Crippen LogP contribution in [-0.4, -0.2) is 26.9 Å². The van der Waals surface area contributed by atoms with Crippen molar-refractivity contribution in [2.45, 2.75) is 52.5 Å². The smallest absolute Gasteiger partial charge is 0.266 e. The van der Waals surface area contributed by atoms with Crippen LogP contribution in [0.25, 0.3) is 16.6 Å². The number of aryl methyl sites for hydroxylation is 1. The highest BCUT2D eigenvalue weighted by atomic mass is 19.1. The first-order valence-corrected chi connectivity index (χ1v) is 12.6. The summed E-state index contributed by atoms with van der Waals surface area (Å²) in [6.45, 7) is 6.58. The van der Waals surface area contributed by atoms with Gasteiger partial charge in [-0.3, -0.25) is 14.2 Å². The summed E-state index contributed by atoms with van der Waals surface area (Å²) in [5, 5.41) is 0.470. The van der Waals surface area contributed by atoms with Crippen LogP contribution in [0.1, 0.15) is 67.3 Å². The summed E-state index contributed by atoms with van der Waals surface area (Å²) in [6.07, 6.45) is 4.05. The Morgan fingerprint density at radius 3 is 2.36 bits per heavy atom. The minimum Gasteiger partial charge on any atom is -0.329 e. The van der Waals surface area contributed by atoms with Crippen LogP contribution in [0.3, 0.4) is 0 Å². The van der Waals surface area contributed by atoms with Gasteiger partial charge in [0.25, 0.3) is 11.5 Å². The van der Waals surface area contributed by atoms with E-state index in [1.54, 1.807) is 35.2 Å². The Morgan fingerprint density at radius 2 is 1.67 bits per heavy atom. The number of hydrogen-bond donors (Lipinski definition) is 0. The van der Waals surface area contributed by atoms with Crippen molar-refractivity contribution in [3.05, 3.63) is 106 Å². The number of carbonyl (C=O) groups is 1. The molecule has 1 amide bonds. The normalized spacial score (nSPS) is 12.0. The summed E-state index contributed by atoms with van der Waals surface area (Å²) in [7, 11) is 0. The lowest BCUT2D eigenvalue weighted by atomic mass is 10.1. The second kappa shape index (κ2) is 11.3. The zero-order chi connectivity index (χ0) is 25.7. The number of halogens is 1. The molecule has 0 saturated heterocycles. The maximum atomic E-state index is 13.7. The van der Waals surface area contributed by atoms with Gasteiger partial charge in [-0.05, 0) is 68.8 Å². The van der Waals surface area contributed by atoms with Gasteiger partial charge in [0, 0.05) is 12.1 Å². The van der Waals surface area contributed by atoms with Crippen molar-refractivity contribution >= 4 is 16.8 Å². The van der Waals surface area contributed by atoms with E-state index in [4.69, 9.17) is 4.98 Å². The first-order chi connectivity index (χ1) is 17.4. The van der Waals surface area contributed by atoms with Crippen LogP contribution in [0.2, 0.25) is 0 Å². The lowest BCUT2D eigenvalue weighted by Crippen LogP contribution is -2.38. The fourth-order valence-electron chi connectivity index (χ4n) is 4.45. The van der Waals surface area contributed by atoms with Crippen LogP contribution in [-0.2, 0) is 0 Å². The van der Waals surface area contributed by atoms with Crippen molar-refractivity contribution in [3.8, 4) is 5.69 Å². The second-order valence-electron chi connectivity index (χ2n) is 9.21. The van der Waals surface area contributed by atoms with E-state index < -0.39 is 6.04 Å². The molecule has 0 aliphatic rings. The van der Waals surface area contributed by atoms with Gasteiger partial charge in [-0.25, -0.2) is 9.37 Å². The third kappa shape index (κ3) is 5.38. The predicted molar refractivity (Wildman–Crippen MR) is 142 cm³/mol. The topological polar surface area (TPSA) is 55.2 Å². The molecule has 0 spiro atoms. The third-order valence-electron chi connectivity index (χ3n) is 6.54. The highest BCUT2D eigenvalue weighted by molar-refractivity contribution is 5.94. The molecule has 0 saturated carbocycles. The molecule has 186 valence electrons. The molecule has 6 heteroatoms. The van der Waals surface area contributed by atoms with Crippen molar-refractivity contribution < 1.29 is 9.18 Å². The molecular weight excluding hydrogens is 453 g/mol. The van der Waals surface area contributed by atoms with Crippen LogP contribution in [0.5, 0.6) is 0 Å². The molecule has 0 bridgehead atoms. The van der Waals surface area contributed by atoms with Crippen LogP contribution in [0, 0.1) is 12.7 Å². The monoisotopic (exact) mass is 485 g/mol. The lowest BCUT2D eigenvalue weighted by molar-refractivity contribution is 0.0677. The highest BCUT2D eigenvalue weighted by Gasteiger charge is 2.27. The van der Waals surface area contributed by atoms with Crippen molar-refractivity contribution in [2.24, 2.45) is 0 Å². The minimum absolute atomic E-state index is 0.105. The maximum absolute atomic E-state index is 13.7. The van der Waals surface area contributed by atoms with Gasteiger partial charge in [-0.2, -0.15) is 0 Å². The summed E-state index contributed by atoms with van der Waals surface area (Å²) in [4.78, 5) is 34.1. The Balaban J connectivity index is 1.84. The van der Waals surface area contributed by atoms with Crippen LogP contribution < -0.4 is 5.56 Å². The average molecular weight is 486 g/mol. The fraction of sp³-hybridized carbons (Fsp3) is 0.300. The number of aromatic nitrogens is 2. The molecule has 0 radical (unpaired) electrons. The van der Waals surface area contributed by atoms with Gasteiger partial charge in [-0.15, -0.1) is 0 Å². The molecule has 1 heterocycles. The summed E-state index contributed by atoms with van der Waals surface area (Å²) >= 11 is 0. The van der Waals surface area contributed by atoms with Crippen molar-refractivity contribution in [1.82, 2.24) is 14.5 Å². The SMILES string of the molecule is CCCCCCN(C(=O)c1ccc(C)cc1)C(C)c1nc2ccccc2c(=O)n1-c1ccc(F)cc1. The molecule has 36 heavy (non-hydrogen) atoms. The summed E-state index contributed by atoms with van der Waals surface area (Å²) < 4.78 is 15.2. The molecule has 4 aromatic rings. The number of hydrogen-bond acceptors (Lipinski definition) is 3. The van der Waals surface area contributed by atoms with Gasteiger partial charge >= 0.3 is 0 Å². The van der Waals surface area contributed by atoms with Crippen LogP contribution >= 0.6 is 0 Å². The molecule has 0 aliphatic heterocycles. The zero-order valence-corrected chi connectivity index (χ0v) is 21.1. The van der Waals surface area contributed by atoms with Gasteiger partial charge in [0.15, 0.2) is 0 Å². The average Bonchev–Trinajstić information content (AvgIpc) is 2.89. The van der Waals surface area contributed by atoms with Gasteiger partial charge < -0.3 is 4.90 Å². The molecular formula is C30H32FN3O2. The Hall–Kier alpha value is -3.80. The summed E-state index contributed by atoms with van der Waals surface area (Å²) in [6, 6.07) is 20.0. The summed E-state index contributed by atoms with van der Waals surface area (Å²) in [5.74, 6) is -0.0458. The van der Waals surface area contributed by atoms with E-state index in [0.29, 0.717) is 34.5 Å². The molecule has 0 N–H and O–H groups in total. The van der Waals surface area contributed by atoms with Gasteiger partial charge in [0.1, 0.15) is 11.6 Å². The fourth-order valence-corrected chi connectivity index (χ4v) is 4.45. The van der Waals surface area contributed by atoms with E-state index in [-0.39, 0.29) is 17.3 Å². The Morgan fingerprint density at radius 1 is 0.972 bits per heavy atom. The molecule has 5 nitrogen and oxygen atoms in total. The van der Waals surface area contributed by atoms with Crippen molar-refractivity contribution in [2.75, 3.05) is 6.54 Å². The molecule has 1 atom stereocenters. The molecule has 1 aromatic heterocycles. The van der Waals surface area contributed by atoms with Gasteiger partial charge in [0.2, 0.25) is 0 Å². The Kier molecular flexibility index (Phi) is 7.93. The van der Waals surface area contributed by atoms with Crippen LogP contribution in [0.4, 0.5) is 4.39 Å². The summed E-state index contributed by atoms with van der Waals surface area (Å²) in [5.41, 5.74) is 2.50. The van der Waals surface area contributed by atoms with Crippen molar-refractivity contribution in [1.29, 1.82) is 0 Å². The van der Waals surface area contributed by atoms with E-state index in [1.165, 1.54) is 16.7 Å². The van der Waals surface area contributed by atoms with Crippen LogP contribution in [0.15, 0.2) is 77.6 Å². The second-order valence-corrected chi connectivity index (χ2v) is 9.21. The molecule has 0 fully saturated rings. The zero-order valence-electron chi connectivity index (χ0n) is 21.1. The van der Waals surface area contributed by atoms with Gasteiger partial charge in [-0.1, -0.05) is 56.0 Å². The largest absolute Gasteiger partial charge is 0.329 e. The number of carbonyl (C=O) groups excluding carboxylic acids is 1. The molecule has 1 unspecified atom stereocenters. The first-order valence-electron chi connectivity index (χ1n) is 12.6. The number of amides is 1. The molecule has 3 aromatic carbocycles. The lowest BCUT2D eigenvalue weighted by Gasteiger charge is -2.31. The quantitative estimate of drug-likeness (QED) is 0.251. The van der Waals surface area contributed by atoms with E-state index in [0.717, 1.165) is 31.2 Å². The van der Waals surface area contributed by atoms with Crippen molar-refractivity contribution in [3.63, 3.8) is 0 Å². The minimum atomic E-state index is -0.497. The molecule has 4 rings (SSSR count). The first kappa shape index (κ1) is 25.3. The number of rotatable bonds is 9. The Bertz CT molecular complexity index is 1390. The number of fused-ring (bicyclic) bond motifs is 1. The van der Waals surface area contributed by atoms with E-state index in [9.17, 15) is 14.0 Å². The van der Waals surface area contributed by atoms with E-state index in [1.807, 2.05) is 44.2 Å². The number of benzene rings is 3. The maximum Gasteiger partial charge on any atom is 0.266 e. The number of unbranched alkanes of at least 4 members (excludes halogenated alkanes) is 3. The standard InChI is InChI=1S/C30H32FN3O2/c1-4-5-6-9-20-33(29(35)23-14-12-21(2)13-15-23)22(3)28-32-27-11-8-7-10-26(27)30(36)34(28)25-18-16-24(31)17-19-25/h7-8,10-19,22H,4-6,9,20H2,1-3H3. The molecule has 0 aliphatic carbocycles. The number of para-hydroxylation sites is 1. The highest BCUT2D eigenvalue weighted by Crippen LogP contribution is 2.25. The third-order valence-corrected chi connectivity index (χ3v) is 6.54. The van der Waals surface area contributed by atoms with Gasteiger partial charge in [0.05, 0.1) is 22.6 Å². The van der Waals surface area contributed by atoms with E-state index >= 15 is 0 Å². The number of nitrogens with zero attached hydrogens (tertiary/aromatic N) is 3. The van der Waals surface area contributed by atoms with E-state index in [2.05, 4.69) is 6.92 Å². The predicted octanol–water partition coefficient (Wildman–Crippen LogP) is 6.62.